The summed E-state index contributed by atoms with van der Waals surface area (Å²) >= 11 is 1.22. The standard InChI is InChI=1S/C31H40N6O4S/c1-4-37-30(40)27(42-31(37)26(20-32)29(39)35(2)24-11-13-25(41-3)14-12-24)21-34-23-10-7-9-22(19-23)28(38)33-15-8-18-36-16-5-6-17-36/h7,9-13,19,25,27,34H,4-6,8,14-18,21H2,1-3H3,(H,33,38)/b31-26-. The molecular weight excluding hydrogens is 552 g/mol. The Morgan fingerprint density at radius 2 is 2.05 bits per heavy atom. The van der Waals surface area contributed by atoms with Crippen molar-refractivity contribution in [2.45, 2.75) is 44.0 Å². The molecule has 1 aromatic rings. The molecule has 2 heterocycles. The van der Waals surface area contributed by atoms with Crippen molar-refractivity contribution in [1.82, 2.24) is 20.0 Å². The molecule has 1 aliphatic carbocycles. The van der Waals surface area contributed by atoms with Crippen LogP contribution in [0.1, 0.15) is 43.0 Å². The number of ether oxygens (including phenoxy) is 1. The smallest absolute Gasteiger partial charge is 0.271 e. The third-order valence-corrected chi connectivity index (χ3v) is 8.98. The number of amides is 3. The number of nitriles is 1. The monoisotopic (exact) mass is 592 g/mol. The number of benzene rings is 1. The summed E-state index contributed by atoms with van der Waals surface area (Å²) < 4.78 is 5.32. The lowest BCUT2D eigenvalue weighted by Crippen LogP contribution is -2.34. The number of nitrogens with zero attached hydrogens (tertiary/aromatic N) is 4. The van der Waals surface area contributed by atoms with Gasteiger partial charge < -0.3 is 30.1 Å². The first-order valence-electron chi connectivity index (χ1n) is 14.5. The van der Waals surface area contributed by atoms with Gasteiger partial charge in [0.05, 0.1) is 6.10 Å². The lowest BCUT2D eigenvalue weighted by Gasteiger charge is -2.23. The highest BCUT2D eigenvalue weighted by Gasteiger charge is 2.39. The normalized spacial score (nSPS) is 21.6. The Morgan fingerprint density at radius 3 is 2.71 bits per heavy atom. The molecule has 3 aliphatic rings. The first kappa shape index (κ1) is 31.3. The van der Waals surface area contributed by atoms with Crippen LogP contribution < -0.4 is 10.6 Å². The van der Waals surface area contributed by atoms with Crippen molar-refractivity contribution in [3.05, 3.63) is 64.4 Å². The molecule has 3 amide bonds. The second-order valence-corrected chi connectivity index (χ2v) is 11.7. The van der Waals surface area contributed by atoms with E-state index in [9.17, 15) is 19.6 Å². The van der Waals surface area contributed by atoms with Gasteiger partial charge in [-0.25, -0.2) is 0 Å². The zero-order valence-electron chi connectivity index (χ0n) is 24.6. The summed E-state index contributed by atoms with van der Waals surface area (Å²) in [6.07, 6.45) is 9.58. The summed E-state index contributed by atoms with van der Waals surface area (Å²) in [5, 5.41) is 16.1. The molecule has 11 heteroatoms. The van der Waals surface area contributed by atoms with Crippen LogP contribution in [0.5, 0.6) is 0 Å². The largest absolute Gasteiger partial charge is 0.383 e. The minimum atomic E-state index is -0.527. The van der Waals surface area contributed by atoms with Gasteiger partial charge in [0.2, 0.25) is 5.91 Å². The number of carbonyl (C=O) groups is 3. The summed E-state index contributed by atoms with van der Waals surface area (Å²) in [5.74, 6) is -0.763. The zero-order valence-corrected chi connectivity index (χ0v) is 25.4. The van der Waals surface area contributed by atoms with E-state index in [0.717, 1.165) is 31.7 Å². The predicted octanol–water partition coefficient (Wildman–Crippen LogP) is 3.33. The van der Waals surface area contributed by atoms with Crippen molar-refractivity contribution in [3.8, 4) is 6.07 Å². The Labute approximate surface area is 252 Å². The maximum atomic E-state index is 13.4. The minimum absolute atomic E-state index is 0.0439. The van der Waals surface area contributed by atoms with Crippen LogP contribution in [-0.2, 0) is 14.3 Å². The van der Waals surface area contributed by atoms with Gasteiger partial charge >= 0.3 is 0 Å². The van der Waals surface area contributed by atoms with Gasteiger partial charge in [-0.1, -0.05) is 30.0 Å². The number of thioether (sulfide) groups is 1. The second kappa shape index (κ2) is 15.0. The molecule has 10 nitrogen and oxygen atoms in total. The highest BCUT2D eigenvalue weighted by molar-refractivity contribution is 8.04. The number of likely N-dealkylation sites (tertiary alicyclic amines) is 1. The van der Waals surface area contributed by atoms with Crippen LogP contribution in [0.2, 0.25) is 0 Å². The first-order valence-corrected chi connectivity index (χ1v) is 15.4. The van der Waals surface area contributed by atoms with E-state index in [1.54, 1.807) is 38.4 Å². The quantitative estimate of drug-likeness (QED) is 0.216. The second-order valence-electron chi connectivity index (χ2n) is 10.5. The molecule has 1 aromatic carbocycles. The molecule has 2 aliphatic heterocycles. The van der Waals surface area contributed by atoms with Crippen LogP contribution in [-0.4, -0.2) is 97.2 Å². The maximum absolute atomic E-state index is 13.4. The van der Waals surface area contributed by atoms with Gasteiger partial charge in [-0.3, -0.25) is 14.4 Å². The molecule has 0 spiro atoms. The van der Waals surface area contributed by atoms with Crippen molar-refractivity contribution < 1.29 is 19.1 Å². The summed E-state index contributed by atoms with van der Waals surface area (Å²) in [6, 6.07) is 9.24. The number of methoxy groups -OCH3 is 1. The average Bonchev–Trinajstić information content (AvgIpc) is 3.65. The fraction of sp³-hybridized carbons (Fsp3) is 0.484. The number of anilines is 1. The van der Waals surface area contributed by atoms with Gasteiger partial charge in [-0.05, 0) is 76.5 Å². The van der Waals surface area contributed by atoms with E-state index in [4.69, 9.17) is 4.74 Å². The number of hydrogen-bond acceptors (Lipinski definition) is 8. The van der Waals surface area contributed by atoms with Crippen molar-refractivity contribution in [3.63, 3.8) is 0 Å². The fourth-order valence-corrected chi connectivity index (χ4v) is 6.49. The van der Waals surface area contributed by atoms with Crippen LogP contribution in [0.25, 0.3) is 0 Å². The molecule has 2 N–H and O–H groups in total. The molecule has 0 radical (unpaired) electrons. The number of carbonyl (C=O) groups excluding carboxylic acids is 3. The van der Waals surface area contributed by atoms with Crippen molar-refractivity contribution >= 4 is 35.2 Å². The third-order valence-electron chi connectivity index (χ3n) is 7.68. The van der Waals surface area contributed by atoms with Crippen molar-refractivity contribution in [2.24, 2.45) is 0 Å². The first-order chi connectivity index (χ1) is 20.4. The zero-order chi connectivity index (χ0) is 30.1. The van der Waals surface area contributed by atoms with E-state index in [2.05, 4.69) is 15.5 Å². The number of nitrogens with one attached hydrogen (secondary N) is 2. The van der Waals surface area contributed by atoms with E-state index in [1.165, 1.54) is 34.4 Å². The lowest BCUT2D eigenvalue weighted by atomic mass is 10.1. The summed E-state index contributed by atoms with van der Waals surface area (Å²) in [5.41, 5.74) is 1.88. The molecule has 2 saturated heterocycles. The Morgan fingerprint density at radius 1 is 1.26 bits per heavy atom. The SMILES string of the molecule is CCN1C(=O)C(CNc2cccc(C(=O)NCCCN3CCCC3)c2)S/C1=C(/C#N)C(=O)N(C)C1=CCC(OC)C=C1. The van der Waals surface area contributed by atoms with Crippen LogP contribution in [0.3, 0.4) is 0 Å². The molecule has 224 valence electrons. The number of hydrogen-bond donors (Lipinski definition) is 2. The lowest BCUT2D eigenvalue weighted by molar-refractivity contribution is -0.127. The van der Waals surface area contributed by atoms with E-state index in [0.29, 0.717) is 35.8 Å². The molecule has 2 atom stereocenters. The van der Waals surface area contributed by atoms with Crippen molar-refractivity contribution in [1.29, 1.82) is 5.26 Å². The molecule has 42 heavy (non-hydrogen) atoms. The van der Waals surface area contributed by atoms with Crippen LogP contribution in [0, 0.1) is 11.3 Å². The van der Waals surface area contributed by atoms with Crippen LogP contribution >= 0.6 is 11.8 Å². The average molecular weight is 593 g/mol. The van der Waals surface area contributed by atoms with Gasteiger partial charge in [-0.2, -0.15) is 5.26 Å². The Hall–Kier alpha value is -3.59. The van der Waals surface area contributed by atoms with Crippen LogP contribution in [0.4, 0.5) is 5.69 Å². The molecule has 4 rings (SSSR count). The Kier molecular flexibility index (Phi) is 11.2. The fourth-order valence-electron chi connectivity index (χ4n) is 5.22. The molecule has 0 aromatic heterocycles. The number of allylic oxidation sites excluding steroid dienone is 1. The van der Waals surface area contributed by atoms with Gasteiger partial charge in [-0.15, -0.1) is 0 Å². The van der Waals surface area contributed by atoms with Gasteiger partial charge in [0.25, 0.3) is 11.8 Å². The molecule has 0 bridgehead atoms. The van der Waals surface area contributed by atoms with Crippen molar-refractivity contribution in [2.75, 3.05) is 58.7 Å². The van der Waals surface area contributed by atoms with E-state index in [-0.39, 0.29) is 30.0 Å². The third kappa shape index (κ3) is 7.62. The molecule has 2 unspecified atom stereocenters. The van der Waals surface area contributed by atoms with Crippen LogP contribution in [0.15, 0.2) is 58.8 Å². The van der Waals surface area contributed by atoms with E-state index < -0.39 is 11.2 Å². The molecule has 2 fully saturated rings. The van der Waals surface area contributed by atoms with Gasteiger partial charge in [0.1, 0.15) is 21.9 Å². The van der Waals surface area contributed by atoms with E-state index in [1.807, 2.05) is 31.2 Å². The summed E-state index contributed by atoms with van der Waals surface area (Å²) in [7, 11) is 3.25. The maximum Gasteiger partial charge on any atom is 0.271 e. The number of likely N-dealkylation sites (N-methyl/N-ethyl adjacent to an activating group) is 1. The highest BCUT2D eigenvalue weighted by atomic mass is 32.2. The Bertz CT molecular complexity index is 1300. The molecular formula is C31H40N6O4S. The number of rotatable bonds is 12. The predicted molar refractivity (Wildman–Crippen MR) is 164 cm³/mol. The summed E-state index contributed by atoms with van der Waals surface area (Å²) in [6.45, 7) is 6.35. The summed E-state index contributed by atoms with van der Waals surface area (Å²) in [4.78, 5) is 44.7. The topological polar surface area (TPSA) is 118 Å². The molecule has 0 saturated carbocycles. The minimum Gasteiger partial charge on any atom is -0.383 e. The Balaban J connectivity index is 1.36. The van der Waals surface area contributed by atoms with E-state index >= 15 is 0 Å². The highest BCUT2D eigenvalue weighted by Crippen LogP contribution is 2.38. The van der Waals surface area contributed by atoms with Gasteiger partial charge in [0, 0.05) is 50.7 Å². The van der Waals surface area contributed by atoms with Gasteiger partial charge in [0.15, 0.2) is 0 Å².